The number of halogens is 2. The van der Waals surface area contributed by atoms with Crippen LogP contribution in [0.2, 0.25) is 5.02 Å². The van der Waals surface area contributed by atoms with E-state index in [-0.39, 0.29) is 0 Å². The summed E-state index contributed by atoms with van der Waals surface area (Å²) < 4.78 is 6.45. The Morgan fingerprint density at radius 2 is 1.94 bits per heavy atom. The highest BCUT2D eigenvalue weighted by Crippen LogP contribution is 2.44. The molecule has 0 amide bonds. The zero-order valence-electron chi connectivity index (χ0n) is 9.59. The van der Waals surface area contributed by atoms with Gasteiger partial charge in [0.2, 0.25) is 0 Å². The molecule has 2 nitrogen and oxygen atoms in total. The first-order valence-electron chi connectivity index (χ1n) is 5.97. The number of hydrogen-bond donors (Lipinski definition) is 0. The Labute approximate surface area is 115 Å². The van der Waals surface area contributed by atoms with E-state index in [0.29, 0.717) is 5.41 Å². The van der Waals surface area contributed by atoms with Gasteiger partial charge in [0.25, 0.3) is 0 Å². The maximum absolute atomic E-state index is 6.12. The highest BCUT2D eigenvalue weighted by atomic mass is 79.9. The fourth-order valence-corrected chi connectivity index (χ4v) is 3.48. The Kier molecular flexibility index (Phi) is 3.09. The van der Waals surface area contributed by atoms with Crippen molar-refractivity contribution in [3.8, 4) is 0 Å². The molecule has 2 heterocycles. The van der Waals surface area contributed by atoms with Crippen LogP contribution in [0.5, 0.6) is 0 Å². The number of anilines is 1. The van der Waals surface area contributed by atoms with Crippen molar-refractivity contribution in [2.45, 2.75) is 12.8 Å². The number of hydrogen-bond acceptors (Lipinski definition) is 2. The van der Waals surface area contributed by atoms with Crippen molar-refractivity contribution >= 4 is 33.2 Å². The zero-order chi connectivity index (χ0) is 11.9. The van der Waals surface area contributed by atoms with Gasteiger partial charge >= 0.3 is 0 Å². The maximum atomic E-state index is 6.12. The molecular weight excluding hydrogens is 302 g/mol. The minimum Gasteiger partial charge on any atom is -0.381 e. The smallest absolute Gasteiger partial charge is 0.0595 e. The molecule has 4 heteroatoms. The third-order valence-corrected chi connectivity index (χ3v) is 5.25. The van der Waals surface area contributed by atoms with E-state index in [2.05, 4.69) is 26.9 Å². The van der Waals surface area contributed by atoms with E-state index in [1.165, 1.54) is 18.5 Å². The maximum Gasteiger partial charge on any atom is 0.0595 e. The average molecular weight is 317 g/mol. The molecule has 0 aromatic heterocycles. The molecule has 2 aliphatic heterocycles. The summed E-state index contributed by atoms with van der Waals surface area (Å²) >= 11 is 9.69. The Hall–Kier alpha value is -0.250. The van der Waals surface area contributed by atoms with Gasteiger partial charge in [-0.05, 0) is 40.9 Å². The van der Waals surface area contributed by atoms with Crippen molar-refractivity contribution in [1.82, 2.24) is 0 Å². The molecule has 92 valence electrons. The predicted octanol–water partition coefficient (Wildman–Crippen LogP) is 3.72. The molecule has 1 aromatic rings. The van der Waals surface area contributed by atoms with Gasteiger partial charge in [0.15, 0.2) is 0 Å². The van der Waals surface area contributed by atoms with Crippen molar-refractivity contribution in [1.29, 1.82) is 0 Å². The van der Waals surface area contributed by atoms with E-state index in [4.69, 9.17) is 16.3 Å². The fraction of sp³-hybridized carbons (Fsp3) is 0.538. The second-order valence-corrected chi connectivity index (χ2v) is 6.24. The molecule has 2 aliphatic rings. The monoisotopic (exact) mass is 315 g/mol. The lowest BCUT2D eigenvalue weighted by Crippen LogP contribution is -2.58. The molecule has 0 radical (unpaired) electrons. The predicted molar refractivity (Wildman–Crippen MR) is 73.9 cm³/mol. The van der Waals surface area contributed by atoms with Crippen LogP contribution in [-0.4, -0.2) is 26.3 Å². The quantitative estimate of drug-likeness (QED) is 0.783. The summed E-state index contributed by atoms with van der Waals surface area (Å²) in [6.07, 6.45) is 2.39. The van der Waals surface area contributed by atoms with E-state index >= 15 is 0 Å². The van der Waals surface area contributed by atoms with Crippen LogP contribution in [0.4, 0.5) is 5.69 Å². The van der Waals surface area contributed by atoms with E-state index in [9.17, 15) is 0 Å². The van der Waals surface area contributed by atoms with Crippen molar-refractivity contribution in [2.75, 3.05) is 31.2 Å². The van der Waals surface area contributed by atoms with Gasteiger partial charge in [-0.2, -0.15) is 0 Å². The fourth-order valence-electron chi connectivity index (χ4n) is 2.79. The Bertz CT molecular complexity index is 423. The molecule has 0 saturated carbocycles. The molecule has 3 rings (SSSR count). The lowest BCUT2D eigenvalue weighted by Gasteiger charge is -2.53. The summed E-state index contributed by atoms with van der Waals surface area (Å²) in [5.41, 5.74) is 1.72. The number of ether oxygens (including phenoxy) is 1. The first-order chi connectivity index (χ1) is 8.20. The molecule has 2 saturated heterocycles. The van der Waals surface area contributed by atoms with Crippen molar-refractivity contribution in [2.24, 2.45) is 5.41 Å². The molecule has 0 bridgehead atoms. The third kappa shape index (κ3) is 2.09. The van der Waals surface area contributed by atoms with Crippen LogP contribution in [0.3, 0.4) is 0 Å². The molecule has 0 atom stereocenters. The summed E-state index contributed by atoms with van der Waals surface area (Å²) in [5, 5.41) is 0.787. The molecule has 1 spiro atoms. The first-order valence-corrected chi connectivity index (χ1v) is 7.14. The van der Waals surface area contributed by atoms with Crippen LogP contribution >= 0.6 is 27.5 Å². The Morgan fingerprint density at radius 1 is 1.24 bits per heavy atom. The highest BCUT2D eigenvalue weighted by molar-refractivity contribution is 9.10. The molecule has 17 heavy (non-hydrogen) atoms. The van der Waals surface area contributed by atoms with Crippen LogP contribution in [0.25, 0.3) is 0 Å². The van der Waals surface area contributed by atoms with Gasteiger partial charge in [0.1, 0.15) is 0 Å². The second-order valence-electron chi connectivity index (χ2n) is 5.04. The number of rotatable bonds is 1. The van der Waals surface area contributed by atoms with Gasteiger partial charge in [0.05, 0.1) is 15.2 Å². The number of nitrogens with zero attached hydrogens (tertiary/aromatic N) is 1. The van der Waals surface area contributed by atoms with E-state index in [1.54, 1.807) is 0 Å². The lowest BCUT2D eigenvalue weighted by atomic mass is 9.73. The Balaban J connectivity index is 1.74. The van der Waals surface area contributed by atoms with Gasteiger partial charge in [-0.1, -0.05) is 17.7 Å². The van der Waals surface area contributed by atoms with Gasteiger partial charge in [0, 0.05) is 31.7 Å². The summed E-state index contributed by atoms with van der Waals surface area (Å²) in [7, 11) is 0. The summed E-state index contributed by atoms with van der Waals surface area (Å²) in [6.45, 7) is 4.11. The minimum atomic E-state index is 0.500. The SMILES string of the molecule is Clc1cccc(N2CC3(CCOCC3)C2)c1Br. The molecular formula is C13H15BrClNO. The first kappa shape index (κ1) is 11.8. The van der Waals surface area contributed by atoms with Crippen LogP contribution in [0, 0.1) is 5.41 Å². The molecule has 0 aliphatic carbocycles. The van der Waals surface area contributed by atoms with Crippen LogP contribution in [0.15, 0.2) is 22.7 Å². The van der Waals surface area contributed by atoms with Crippen molar-refractivity contribution in [3.05, 3.63) is 27.7 Å². The summed E-state index contributed by atoms with van der Waals surface area (Å²) in [5.74, 6) is 0. The third-order valence-electron chi connectivity index (χ3n) is 3.88. The van der Waals surface area contributed by atoms with Crippen LogP contribution in [0.1, 0.15) is 12.8 Å². The van der Waals surface area contributed by atoms with E-state index in [0.717, 1.165) is 35.8 Å². The van der Waals surface area contributed by atoms with Gasteiger partial charge < -0.3 is 9.64 Å². The van der Waals surface area contributed by atoms with Gasteiger partial charge in [-0.15, -0.1) is 0 Å². The molecule has 0 N–H and O–H groups in total. The van der Waals surface area contributed by atoms with Crippen molar-refractivity contribution in [3.63, 3.8) is 0 Å². The molecule has 2 fully saturated rings. The topological polar surface area (TPSA) is 12.5 Å². The zero-order valence-corrected chi connectivity index (χ0v) is 11.9. The average Bonchev–Trinajstić information content (AvgIpc) is 2.31. The lowest BCUT2D eigenvalue weighted by molar-refractivity contribution is -0.000232. The summed E-state index contributed by atoms with van der Waals surface area (Å²) in [6, 6.07) is 6.05. The van der Waals surface area contributed by atoms with Gasteiger partial charge in [-0.3, -0.25) is 0 Å². The van der Waals surface area contributed by atoms with Crippen molar-refractivity contribution < 1.29 is 4.74 Å². The molecule has 1 aromatic carbocycles. The van der Waals surface area contributed by atoms with Crippen LogP contribution in [-0.2, 0) is 4.74 Å². The van der Waals surface area contributed by atoms with Crippen LogP contribution < -0.4 is 4.90 Å². The standard InChI is InChI=1S/C13H15BrClNO/c14-12-10(15)2-1-3-11(12)16-8-13(9-16)4-6-17-7-5-13/h1-3H,4-9H2. The molecule has 0 unspecified atom stereocenters. The van der Waals surface area contributed by atoms with E-state index < -0.39 is 0 Å². The highest BCUT2D eigenvalue weighted by Gasteiger charge is 2.44. The Morgan fingerprint density at radius 3 is 2.65 bits per heavy atom. The number of benzene rings is 1. The van der Waals surface area contributed by atoms with E-state index in [1.807, 2.05) is 12.1 Å². The largest absolute Gasteiger partial charge is 0.381 e. The summed E-state index contributed by atoms with van der Waals surface area (Å²) in [4.78, 5) is 2.40. The normalized spacial score (nSPS) is 22.6. The minimum absolute atomic E-state index is 0.500. The van der Waals surface area contributed by atoms with Gasteiger partial charge in [-0.25, -0.2) is 0 Å². The second kappa shape index (κ2) is 4.45.